The Morgan fingerprint density at radius 3 is 2.57 bits per heavy atom. The Kier molecular flexibility index (Phi) is 10.1. The van der Waals surface area contributed by atoms with E-state index in [0.717, 1.165) is 12.9 Å². The summed E-state index contributed by atoms with van der Waals surface area (Å²) in [6.07, 6.45) is -2.43. The Bertz CT molecular complexity index is 1550. The van der Waals surface area contributed by atoms with Gasteiger partial charge in [-0.1, -0.05) is 32.0 Å². The van der Waals surface area contributed by atoms with Crippen LogP contribution in [-0.2, 0) is 28.2 Å². The molecule has 2 N–H and O–H groups in total. The van der Waals surface area contributed by atoms with Crippen molar-refractivity contribution in [3.05, 3.63) is 43.0 Å². The minimum absolute atomic E-state index is 0.135. The molecule has 0 bridgehead atoms. The number of anilines is 1. The van der Waals surface area contributed by atoms with Crippen LogP contribution in [0.1, 0.15) is 47.8 Å². The Morgan fingerprint density at radius 2 is 1.91 bits per heavy atom. The summed E-state index contributed by atoms with van der Waals surface area (Å²) >= 11 is 0. The van der Waals surface area contributed by atoms with Gasteiger partial charge in [-0.15, -0.1) is 0 Å². The van der Waals surface area contributed by atoms with E-state index < -0.39 is 50.3 Å². The van der Waals surface area contributed by atoms with Gasteiger partial charge in [0.15, 0.2) is 28.9 Å². The second-order valence-corrected chi connectivity index (χ2v) is 12.7. The highest BCUT2D eigenvalue weighted by molar-refractivity contribution is 7.70. The highest BCUT2D eigenvalue weighted by atomic mass is 31.2. The molecular formula is C28H36FN6O8P. The fourth-order valence-electron chi connectivity index (χ4n) is 4.19. The van der Waals surface area contributed by atoms with Crippen LogP contribution in [0.2, 0.25) is 0 Å². The van der Waals surface area contributed by atoms with Crippen molar-refractivity contribution in [1.82, 2.24) is 19.5 Å². The number of nitrogens with zero attached hydrogens (tertiary/aromatic N) is 5. The number of amides is 1. The SMILES string of the molecule is CC(C)OC(=O)[C@H](C)/N=C/[P@](=O)(OC[C@H]1O[C@@H](n2cnc3c(NC(=O)C(C)C)ncnc32)[C@](C)(F)[C@@H]1O)Oc1ccccc1. The van der Waals surface area contributed by atoms with Crippen molar-refractivity contribution in [2.24, 2.45) is 10.9 Å². The predicted molar refractivity (Wildman–Crippen MR) is 158 cm³/mol. The fraction of sp³-hybridized carbons (Fsp3) is 0.500. The molecule has 14 nitrogen and oxygen atoms in total. The Balaban J connectivity index is 1.55. The number of halogens is 1. The molecule has 4 rings (SSSR count). The zero-order valence-electron chi connectivity index (χ0n) is 25.2. The van der Waals surface area contributed by atoms with E-state index in [1.807, 2.05) is 0 Å². The number of para-hydroxylation sites is 1. The number of esters is 1. The van der Waals surface area contributed by atoms with E-state index in [1.54, 1.807) is 58.0 Å². The molecule has 3 heterocycles. The summed E-state index contributed by atoms with van der Waals surface area (Å²) in [6, 6.07) is 7.10. The van der Waals surface area contributed by atoms with Crippen LogP contribution in [-0.4, -0.2) is 79.1 Å². The van der Waals surface area contributed by atoms with Crippen molar-refractivity contribution in [3.63, 3.8) is 0 Å². The number of aromatic nitrogens is 4. The maximum atomic E-state index is 16.1. The highest BCUT2D eigenvalue weighted by Gasteiger charge is 2.56. The molecule has 2 aromatic heterocycles. The Morgan fingerprint density at radius 1 is 1.20 bits per heavy atom. The summed E-state index contributed by atoms with van der Waals surface area (Å²) < 4.78 is 53.4. The van der Waals surface area contributed by atoms with Gasteiger partial charge < -0.3 is 24.4 Å². The largest absolute Gasteiger partial charge is 0.461 e. The van der Waals surface area contributed by atoms with E-state index in [2.05, 4.69) is 25.3 Å². The number of aliphatic hydroxyl groups excluding tert-OH is 1. The molecule has 1 aliphatic rings. The van der Waals surface area contributed by atoms with E-state index in [1.165, 1.54) is 24.1 Å². The van der Waals surface area contributed by atoms with E-state index in [9.17, 15) is 19.3 Å². The van der Waals surface area contributed by atoms with E-state index in [-0.39, 0.29) is 40.7 Å². The van der Waals surface area contributed by atoms with Crippen molar-refractivity contribution in [3.8, 4) is 5.75 Å². The molecule has 1 aliphatic heterocycles. The maximum absolute atomic E-state index is 16.1. The molecule has 1 fully saturated rings. The number of carbonyl (C=O) groups is 2. The van der Waals surface area contributed by atoms with Gasteiger partial charge in [-0.05, 0) is 39.8 Å². The zero-order chi connectivity index (χ0) is 32.2. The molecule has 0 aliphatic carbocycles. The summed E-state index contributed by atoms with van der Waals surface area (Å²) in [5, 5.41) is 13.6. The number of benzene rings is 1. The topological polar surface area (TPSA) is 176 Å². The number of rotatable bonds is 12. The van der Waals surface area contributed by atoms with E-state index >= 15 is 4.39 Å². The molecule has 0 spiro atoms. The third kappa shape index (κ3) is 7.46. The van der Waals surface area contributed by atoms with Gasteiger partial charge in [0, 0.05) is 5.92 Å². The number of hydrogen-bond acceptors (Lipinski definition) is 12. The van der Waals surface area contributed by atoms with Crippen molar-refractivity contribution in [2.45, 2.75) is 77.8 Å². The van der Waals surface area contributed by atoms with Gasteiger partial charge in [0.25, 0.3) is 0 Å². The van der Waals surface area contributed by atoms with Crippen LogP contribution < -0.4 is 9.84 Å². The predicted octanol–water partition coefficient (Wildman–Crippen LogP) is 4.06. The smallest absolute Gasteiger partial charge is 0.421 e. The van der Waals surface area contributed by atoms with Gasteiger partial charge in [0.1, 0.15) is 36.3 Å². The number of hydrogen-bond donors (Lipinski definition) is 2. The molecule has 0 unspecified atom stereocenters. The van der Waals surface area contributed by atoms with Crippen molar-refractivity contribution >= 4 is 42.4 Å². The number of alkyl halides is 1. The van der Waals surface area contributed by atoms with Gasteiger partial charge in [0.2, 0.25) is 5.91 Å². The number of fused-ring (bicyclic) bond motifs is 1. The second kappa shape index (κ2) is 13.5. The Hall–Kier alpha value is -3.78. The van der Waals surface area contributed by atoms with Gasteiger partial charge in [-0.2, -0.15) is 0 Å². The van der Waals surface area contributed by atoms with Crippen LogP contribution in [0.5, 0.6) is 5.75 Å². The van der Waals surface area contributed by atoms with Crippen LogP contribution in [0, 0.1) is 5.92 Å². The zero-order valence-corrected chi connectivity index (χ0v) is 26.1. The van der Waals surface area contributed by atoms with Crippen LogP contribution in [0.15, 0.2) is 48.0 Å². The molecule has 1 aromatic carbocycles. The highest BCUT2D eigenvalue weighted by Crippen LogP contribution is 2.48. The molecular weight excluding hydrogens is 598 g/mol. The number of ether oxygens (including phenoxy) is 2. The van der Waals surface area contributed by atoms with E-state index in [0.29, 0.717) is 0 Å². The number of aliphatic hydroxyl groups is 1. The lowest BCUT2D eigenvalue weighted by Crippen LogP contribution is -2.40. The minimum Gasteiger partial charge on any atom is -0.461 e. The summed E-state index contributed by atoms with van der Waals surface area (Å²) in [7, 11) is -4.23. The first kappa shape index (κ1) is 33.1. The average molecular weight is 635 g/mol. The van der Waals surface area contributed by atoms with Gasteiger partial charge in [0.05, 0.1) is 19.0 Å². The van der Waals surface area contributed by atoms with Gasteiger partial charge in [-0.25, -0.2) is 28.7 Å². The second-order valence-electron chi connectivity index (χ2n) is 11.0. The molecule has 1 amide bonds. The van der Waals surface area contributed by atoms with Crippen LogP contribution >= 0.6 is 7.60 Å². The van der Waals surface area contributed by atoms with Gasteiger partial charge >= 0.3 is 13.6 Å². The molecule has 44 heavy (non-hydrogen) atoms. The number of nitrogens with one attached hydrogen (secondary N) is 1. The summed E-state index contributed by atoms with van der Waals surface area (Å²) in [5.41, 5.74) is -2.05. The average Bonchev–Trinajstić information content (AvgIpc) is 3.49. The maximum Gasteiger partial charge on any atom is 0.421 e. The molecule has 0 saturated carbocycles. The molecule has 0 radical (unpaired) electrons. The molecule has 16 heteroatoms. The molecule has 3 aromatic rings. The third-order valence-electron chi connectivity index (χ3n) is 6.61. The molecule has 238 valence electrons. The van der Waals surface area contributed by atoms with Gasteiger partial charge in [-0.3, -0.25) is 18.9 Å². The Labute approximate surface area is 253 Å². The first-order chi connectivity index (χ1) is 20.7. The lowest BCUT2D eigenvalue weighted by Gasteiger charge is -2.24. The summed E-state index contributed by atoms with van der Waals surface area (Å²) in [4.78, 5) is 41.0. The quantitative estimate of drug-likeness (QED) is 0.167. The van der Waals surface area contributed by atoms with Crippen molar-refractivity contribution in [1.29, 1.82) is 0 Å². The number of carbonyl (C=O) groups excluding carboxylic acids is 2. The minimum atomic E-state index is -4.23. The van der Waals surface area contributed by atoms with Crippen LogP contribution in [0.25, 0.3) is 11.2 Å². The molecule has 6 atom stereocenters. The summed E-state index contributed by atoms with van der Waals surface area (Å²) in [6.45, 7) is 8.82. The normalized spacial score (nSPS) is 24.1. The monoisotopic (exact) mass is 634 g/mol. The number of aliphatic imine (C=N–C) groups is 1. The third-order valence-corrected chi connectivity index (χ3v) is 8.00. The number of imidazole rings is 1. The van der Waals surface area contributed by atoms with Crippen molar-refractivity contribution < 1.29 is 42.2 Å². The van der Waals surface area contributed by atoms with Crippen LogP contribution in [0.4, 0.5) is 10.2 Å². The lowest BCUT2D eigenvalue weighted by molar-refractivity contribution is -0.148. The lowest BCUT2D eigenvalue weighted by atomic mass is 9.98. The van der Waals surface area contributed by atoms with Crippen LogP contribution in [0.3, 0.4) is 0 Å². The standard InChI is InChI=1S/C28H36FN6O8P/c1-16(2)25(37)34-23-21-24(31-13-30-23)35(14-32-21)27-28(6,29)22(36)20(42-27)12-40-44(39,43-19-10-8-7-9-11-19)15-33-18(5)26(38)41-17(3)4/h7-11,13-18,20,22,27,36H,12H2,1-6H3,(H,30,31,34,37)/b33-15+/t18-,20+,22+,27+,28+,44-/m0/s1. The van der Waals surface area contributed by atoms with E-state index in [4.69, 9.17) is 18.5 Å². The molecule has 1 saturated heterocycles. The first-order valence-electron chi connectivity index (χ1n) is 14.0. The summed E-state index contributed by atoms with van der Waals surface area (Å²) in [5.74, 6) is -0.0587. The van der Waals surface area contributed by atoms with Crippen molar-refractivity contribution in [2.75, 3.05) is 11.9 Å². The fourth-order valence-corrected chi connectivity index (χ4v) is 5.49. The first-order valence-corrected chi connectivity index (χ1v) is 15.6.